The summed E-state index contributed by atoms with van der Waals surface area (Å²) in [5.41, 5.74) is 6.09. The molecule has 0 saturated carbocycles. The quantitative estimate of drug-likeness (QED) is 0.383. The Bertz CT molecular complexity index is 812. The molecule has 148 valence electrons. The van der Waals surface area contributed by atoms with Crippen molar-refractivity contribution in [3.8, 4) is 5.75 Å². The first-order valence-corrected chi connectivity index (χ1v) is 10.4. The van der Waals surface area contributed by atoms with Crippen LogP contribution in [-0.4, -0.2) is 55.2 Å². The normalized spacial score (nSPS) is 12.6. The van der Waals surface area contributed by atoms with E-state index in [1.807, 2.05) is 30.3 Å². The second kappa shape index (κ2) is 10.6. The van der Waals surface area contributed by atoms with Gasteiger partial charge in [-0.1, -0.05) is 0 Å². The molecular weight excluding hydrogens is 425 g/mol. The van der Waals surface area contributed by atoms with Gasteiger partial charge < -0.3 is 0 Å². The summed E-state index contributed by atoms with van der Waals surface area (Å²) in [6.45, 7) is 1.39. The Balaban J connectivity index is 2.02. The second-order valence-electron chi connectivity index (χ2n) is 6.16. The Hall–Kier alpha value is -2.67. The van der Waals surface area contributed by atoms with E-state index in [4.69, 9.17) is 5.73 Å². The molecule has 0 fully saturated rings. The maximum absolute atomic E-state index is 12.7. The van der Waals surface area contributed by atoms with Gasteiger partial charge in [0.25, 0.3) is 0 Å². The molecule has 0 aliphatic heterocycles. The molecule has 28 heavy (non-hydrogen) atoms. The van der Waals surface area contributed by atoms with Gasteiger partial charge >= 0.3 is 170 Å². The fourth-order valence-electron chi connectivity index (χ4n) is 2.40. The number of rotatable bonds is 9. The van der Waals surface area contributed by atoms with Gasteiger partial charge in [0.2, 0.25) is 0 Å². The number of nitrogens with one attached hydrogen (secondary N) is 2. The predicted octanol–water partition coefficient (Wildman–Crippen LogP) is -0.561. The molecule has 2 aromatic rings. The van der Waals surface area contributed by atoms with Gasteiger partial charge in [-0.3, -0.25) is 0 Å². The molecule has 0 radical (unpaired) electrons. The molecule has 0 unspecified atom stereocenters. The minimum atomic E-state index is -0.875. The summed E-state index contributed by atoms with van der Waals surface area (Å²) in [6, 6.07) is 14.1. The molecule has 0 aliphatic rings. The van der Waals surface area contributed by atoms with Crippen LogP contribution < -0.4 is 20.8 Å². The number of nitrogens with two attached hydrogens (primary N) is 1. The molecule has 0 aliphatic carbocycles. The monoisotopic (exact) mass is 449 g/mol. The van der Waals surface area contributed by atoms with Crippen LogP contribution in [0.25, 0.3) is 0 Å². The minimum absolute atomic E-state index is 0.0689. The SMILES string of the molecule is C[C@H](NC(=O)[C@H](Cc1ccc(O)cc1)NC(=O)CN)C(=O)[Se]c1ccccc1. The van der Waals surface area contributed by atoms with Gasteiger partial charge in [0.15, 0.2) is 0 Å². The van der Waals surface area contributed by atoms with E-state index < -0.39 is 38.9 Å². The molecule has 2 aromatic carbocycles. The van der Waals surface area contributed by atoms with Crippen LogP contribution in [-0.2, 0) is 20.8 Å². The fourth-order valence-corrected chi connectivity index (χ4v) is 3.99. The zero-order chi connectivity index (χ0) is 20.5. The zero-order valence-electron chi connectivity index (χ0n) is 15.4. The van der Waals surface area contributed by atoms with Crippen LogP contribution in [0.2, 0.25) is 0 Å². The van der Waals surface area contributed by atoms with Gasteiger partial charge in [-0.25, -0.2) is 0 Å². The van der Waals surface area contributed by atoms with Crippen molar-refractivity contribution in [2.75, 3.05) is 6.54 Å². The number of carbonyl (C=O) groups is 3. The van der Waals surface area contributed by atoms with Gasteiger partial charge in [0, 0.05) is 0 Å². The summed E-state index contributed by atoms with van der Waals surface area (Å²) < 4.78 is 0.860. The Morgan fingerprint density at radius 1 is 1.04 bits per heavy atom. The number of carbonyl (C=O) groups excluding carboxylic acids is 3. The molecule has 0 saturated heterocycles. The summed E-state index contributed by atoms with van der Waals surface area (Å²) in [5.74, 6) is -0.816. The number of phenols is 1. The Morgan fingerprint density at radius 3 is 2.29 bits per heavy atom. The van der Waals surface area contributed by atoms with Crippen LogP contribution in [0.3, 0.4) is 0 Å². The van der Waals surface area contributed by atoms with Crippen molar-refractivity contribution >= 4 is 35.9 Å². The number of phenolic OH excluding ortho intramolecular Hbond substituents is 1. The van der Waals surface area contributed by atoms with E-state index in [1.54, 1.807) is 19.1 Å². The standard InChI is InChI=1S/C20H23N3O4Se/c1-13(20(27)28-16-5-3-2-4-6-16)22-19(26)17(23-18(25)12-21)11-14-7-9-15(24)10-8-14/h2-10,13,17,24H,11-12,21H2,1H3,(H,22,26)(H,23,25)/t13-,17-/m0/s1. The molecule has 0 heterocycles. The van der Waals surface area contributed by atoms with Gasteiger partial charge in [0.05, 0.1) is 0 Å². The van der Waals surface area contributed by atoms with E-state index in [0.717, 1.165) is 10.0 Å². The average molecular weight is 448 g/mol. The number of benzene rings is 2. The zero-order valence-corrected chi connectivity index (χ0v) is 17.1. The van der Waals surface area contributed by atoms with Crippen molar-refractivity contribution in [1.29, 1.82) is 0 Å². The molecule has 0 aromatic heterocycles. The first-order chi connectivity index (χ1) is 13.4. The summed E-state index contributed by atoms with van der Waals surface area (Å²) in [5, 5.41) is 14.6. The molecule has 5 N–H and O–H groups in total. The fraction of sp³-hybridized carbons (Fsp3) is 0.250. The van der Waals surface area contributed by atoms with Crippen molar-refractivity contribution in [3.05, 3.63) is 60.2 Å². The van der Waals surface area contributed by atoms with E-state index in [9.17, 15) is 19.5 Å². The van der Waals surface area contributed by atoms with E-state index in [0.29, 0.717) is 0 Å². The van der Waals surface area contributed by atoms with Gasteiger partial charge in [-0.2, -0.15) is 0 Å². The van der Waals surface area contributed by atoms with Crippen LogP contribution in [0.1, 0.15) is 12.5 Å². The molecule has 8 heteroatoms. The molecule has 2 amide bonds. The van der Waals surface area contributed by atoms with Crippen LogP contribution in [0.5, 0.6) is 5.75 Å². The summed E-state index contributed by atoms with van der Waals surface area (Å²) in [6.07, 6.45) is 0.211. The first-order valence-electron chi connectivity index (χ1n) is 8.73. The molecule has 2 rings (SSSR count). The van der Waals surface area contributed by atoms with Crippen LogP contribution in [0.15, 0.2) is 54.6 Å². The van der Waals surface area contributed by atoms with Crippen LogP contribution in [0.4, 0.5) is 0 Å². The van der Waals surface area contributed by atoms with Crippen molar-refractivity contribution in [1.82, 2.24) is 10.6 Å². The van der Waals surface area contributed by atoms with Crippen molar-refractivity contribution in [2.45, 2.75) is 25.4 Å². The molecular formula is C20H23N3O4Se. The number of hydrogen-bond acceptors (Lipinski definition) is 5. The number of aromatic hydroxyl groups is 1. The average Bonchev–Trinajstić information content (AvgIpc) is 2.69. The molecule has 7 nitrogen and oxygen atoms in total. The third-order valence-electron chi connectivity index (χ3n) is 3.89. The third kappa shape index (κ3) is 6.81. The van der Waals surface area contributed by atoms with Crippen molar-refractivity contribution in [3.63, 3.8) is 0 Å². The van der Waals surface area contributed by atoms with E-state index >= 15 is 0 Å². The van der Waals surface area contributed by atoms with Gasteiger partial charge in [-0.05, 0) is 0 Å². The summed E-state index contributed by atoms with van der Waals surface area (Å²) in [4.78, 5) is 36.8. The van der Waals surface area contributed by atoms with E-state index in [2.05, 4.69) is 10.6 Å². The summed E-state index contributed by atoms with van der Waals surface area (Å²) >= 11 is -0.416. The maximum atomic E-state index is 12.7. The van der Waals surface area contributed by atoms with Crippen molar-refractivity contribution in [2.24, 2.45) is 5.73 Å². The van der Waals surface area contributed by atoms with Gasteiger partial charge in [-0.15, -0.1) is 0 Å². The molecule has 0 spiro atoms. The van der Waals surface area contributed by atoms with Crippen LogP contribution in [0, 0.1) is 0 Å². The predicted molar refractivity (Wildman–Crippen MR) is 107 cm³/mol. The second-order valence-corrected chi connectivity index (χ2v) is 8.42. The third-order valence-corrected chi connectivity index (χ3v) is 6.12. The topological polar surface area (TPSA) is 122 Å². The first kappa shape index (κ1) is 21.6. The Morgan fingerprint density at radius 2 is 1.68 bits per heavy atom. The number of hydrogen-bond donors (Lipinski definition) is 4. The molecule has 0 bridgehead atoms. The van der Waals surface area contributed by atoms with Crippen LogP contribution >= 0.6 is 0 Å². The van der Waals surface area contributed by atoms with E-state index in [-0.39, 0.29) is 23.4 Å². The van der Waals surface area contributed by atoms with Crippen molar-refractivity contribution < 1.29 is 19.5 Å². The molecule has 2 atom stereocenters. The Labute approximate surface area is 169 Å². The van der Waals surface area contributed by atoms with E-state index in [1.165, 1.54) is 12.1 Å². The Kier molecular flexibility index (Phi) is 8.19. The number of amides is 2. The summed E-state index contributed by atoms with van der Waals surface area (Å²) in [7, 11) is 0. The van der Waals surface area contributed by atoms with Gasteiger partial charge in [0.1, 0.15) is 0 Å².